The molecule has 2 aliphatic rings. The third-order valence-corrected chi connectivity index (χ3v) is 7.46. The van der Waals surface area contributed by atoms with Gasteiger partial charge in [-0.2, -0.15) is 0 Å². The molecule has 0 spiro atoms. The van der Waals surface area contributed by atoms with Crippen LogP contribution in [0, 0.1) is 12.8 Å². The minimum Gasteiger partial charge on any atom is -0.495 e. The number of imidazole rings is 1. The molecule has 0 N–H and O–H groups in total. The van der Waals surface area contributed by atoms with E-state index in [2.05, 4.69) is 45.7 Å². The summed E-state index contributed by atoms with van der Waals surface area (Å²) < 4.78 is 7.44. The Bertz CT molecular complexity index is 1090. The highest BCUT2D eigenvalue weighted by Crippen LogP contribution is 2.33. The fraction of sp³-hybridized carbons (Fsp3) is 0.500. The Morgan fingerprint density at radius 1 is 1.06 bits per heavy atom. The number of anilines is 1. The molecule has 1 saturated heterocycles. The van der Waals surface area contributed by atoms with Gasteiger partial charge in [0.1, 0.15) is 11.4 Å². The van der Waals surface area contributed by atoms with Crippen LogP contribution < -0.4 is 9.64 Å². The van der Waals surface area contributed by atoms with Gasteiger partial charge in [-0.15, -0.1) is 0 Å². The minimum absolute atomic E-state index is 0.609. The minimum atomic E-state index is 0.609. The molecule has 3 aromatic rings. The molecule has 0 bridgehead atoms. The molecule has 1 aliphatic carbocycles. The van der Waals surface area contributed by atoms with Gasteiger partial charge in [-0.3, -0.25) is 0 Å². The van der Waals surface area contributed by atoms with E-state index in [-0.39, 0.29) is 0 Å². The number of rotatable bonds is 5. The fourth-order valence-corrected chi connectivity index (χ4v) is 5.60. The quantitative estimate of drug-likeness (QED) is 0.499. The Balaban J connectivity index is 1.33. The van der Waals surface area contributed by atoms with Gasteiger partial charge >= 0.3 is 0 Å². The van der Waals surface area contributed by atoms with Crippen LogP contribution >= 0.6 is 11.6 Å². The maximum atomic E-state index is 6.39. The summed E-state index contributed by atoms with van der Waals surface area (Å²) in [5.74, 6) is 1.62. The molecule has 6 heteroatoms. The van der Waals surface area contributed by atoms with E-state index < -0.39 is 0 Å². The highest BCUT2D eigenvalue weighted by atomic mass is 35.5. The van der Waals surface area contributed by atoms with Gasteiger partial charge in [-0.1, -0.05) is 24.4 Å². The number of halogens is 1. The van der Waals surface area contributed by atoms with E-state index in [4.69, 9.17) is 21.3 Å². The van der Waals surface area contributed by atoms with Gasteiger partial charge in [0.2, 0.25) is 0 Å². The summed E-state index contributed by atoms with van der Waals surface area (Å²) in [6.07, 6.45) is 11.1. The molecule has 0 amide bonds. The molecular weight excluding hydrogens is 420 g/mol. The molecule has 1 aromatic carbocycles. The topological polar surface area (TPSA) is 33.0 Å². The van der Waals surface area contributed by atoms with Crippen molar-refractivity contribution in [2.75, 3.05) is 44.7 Å². The lowest BCUT2D eigenvalue weighted by Gasteiger charge is -2.25. The maximum absolute atomic E-state index is 6.39. The van der Waals surface area contributed by atoms with Gasteiger partial charge in [-0.25, -0.2) is 4.98 Å². The maximum Gasteiger partial charge on any atom is 0.139 e. The molecule has 0 unspecified atom stereocenters. The van der Waals surface area contributed by atoms with Crippen molar-refractivity contribution in [2.45, 2.75) is 39.0 Å². The van der Waals surface area contributed by atoms with Crippen LogP contribution in [0.5, 0.6) is 5.75 Å². The van der Waals surface area contributed by atoms with Crippen molar-refractivity contribution >= 4 is 22.9 Å². The molecule has 5 rings (SSSR count). The molecule has 32 heavy (non-hydrogen) atoms. The standard InChI is InChI=1S/C26H33ClN4O/c1-19-14-25(32-2)23(27)16-22(19)24-18-31-11-8-21(15-26(31)28-24)30-10-5-9-29(12-13-30)17-20-6-3-4-7-20/h8,11,14-16,18,20H,3-7,9-10,12-13,17H2,1-2H3. The zero-order valence-corrected chi connectivity index (χ0v) is 19.9. The summed E-state index contributed by atoms with van der Waals surface area (Å²) >= 11 is 6.39. The zero-order valence-electron chi connectivity index (χ0n) is 19.2. The van der Waals surface area contributed by atoms with Crippen LogP contribution in [0.15, 0.2) is 36.7 Å². The molecule has 1 aliphatic heterocycles. The molecule has 2 aromatic heterocycles. The van der Waals surface area contributed by atoms with Gasteiger partial charge in [0.25, 0.3) is 0 Å². The number of nitrogens with zero attached hydrogens (tertiary/aromatic N) is 4. The van der Waals surface area contributed by atoms with E-state index in [0.717, 1.165) is 48.0 Å². The summed E-state index contributed by atoms with van der Waals surface area (Å²) in [5, 5.41) is 0.609. The van der Waals surface area contributed by atoms with Crippen LogP contribution in [-0.4, -0.2) is 54.1 Å². The molecule has 170 valence electrons. The molecule has 5 nitrogen and oxygen atoms in total. The third kappa shape index (κ3) is 4.46. The van der Waals surface area contributed by atoms with Crippen molar-refractivity contribution in [2.24, 2.45) is 5.92 Å². The highest BCUT2D eigenvalue weighted by Gasteiger charge is 2.21. The van der Waals surface area contributed by atoms with Crippen molar-refractivity contribution < 1.29 is 4.74 Å². The lowest BCUT2D eigenvalue weighted by atomic mass is 10.1. The summed E-state index contributed by atoms with van der Waals surface area (Å²) in [7, 11) is 1.64. The number of methoxy groups -OCH3 is 1. The number of benzene rings is 1. The van der Waals surface area contributed by atoms with Crippen LogP contribution in [0.25, 0.3) is 16.9 Å². The number of ether oxygens (including phenoxy) is 1. The van der Waals surface area contributed by atoms with E-state index in [1.807, 2.05) is 12.1 Å². The molecular formula is C26H33ClN4O. The number of fused-ring (bicyclic) bond motifs is 1. The number of pyridine rings is 1. The smallest absolute Gasteiger partial charge is 0.139 e. The molecule has 3 heterocycles. The molecule has 1 saturated carbocycles. The lowest BCUT2D eigenvalue weighted by molar-refractivity contribution is 0.246. The van der Waals surface area contributed by atoms with Crippen molar-refractivity contribution in [1.82, 2.24) is 14.3 Å². The Morgan fingerprint density at radius 2 is 1.91 bits per heavy atom. The van der Waals surface area contributed by atoms with Crippen LogP contribution in [-0.2, 0) is 0 Å². The monoisotopic (exact) mass is 452 g/mol. The van der Waals surface area contributed by atoms with Gasteiger partial charge in [-0.05, 0) is 62.4 Å². The normalized spacial score (nSPS) is 18.4. The Labute approximate surface area is 195 Å². The SMILES string of the molecule is COc1cc(C)c(-c2cn3ccc(N4CCCN(CC5CCCC5)CC4)cc3n2)cc1Cl. The summed E-state index contributed by atoms with van der Waals surface area (Å²) in [5.41, 5.74) is 5.31. The van der Waals surface area contributed by atoms with E-state index >= 15 is 0 Å². The summed E-state index contributed by atoms with van der Waals surface area (Å²) in [6.45, 7) is 7.94. The first-order valence-electron chi connectivity index (χ1n) is 11.9. The average Bonchev–Trinajstić information content (AvgIpc) is 3.40. The Kier molecular flexibility index (Phi) is 6.29. The van der Waals surface area contributed by atoms with Crippen molar-refractivity contribution in [1.29, 1.82) is 0 Å². The summed E-state index contributed by atoms with van der Waals surface area (Å²) in [4.78, 5) is 10.1. The van der Waals surface area contributed by atoms with Crippen LogP contribution in [0.3, 0.4) is 0 Å². The second-order valence-corrected chi connectivity index (χ2v) is 9.78. The predicted octanol–water partition coefficient (Wildman–Crippen LogP) is 5.67. The Hall–Kier alpha value is -2.24. The molecule has 0 atom stereocenters. The predicted molar refractivity (Wildman–Crippen MR) is 132 cm³/mol. The average molecular weight is 453 g/mol. The van der Waals surface area contributed by atoms with Gasteiger partial charge < -0.3 is 18.9 Å². The van der Waals surface area contributed by atoms with E-state index in [9.17, 15) is 0 Å². The first kappa shape index (κ1) is 21.6. The first-order chi connectivity index (χ1) is 15.6. The van der Waals surface area contributed by atoms with Crippen molar-refractivity contribution in [3.05, 3.63) is 47.2 Å². The van der Waals surface area contributed by atoms with Crippen molar-refractivity contribution in [3.63, 3.8) is 0 Å². The third-order valence-electron chi connectivity index (χ3n) is 7.16. The van der Waals surface area contributed by atoms with Gasteiger partial charge in [0, 0.05) is 55.9 Å². The van der Waals surface area contributed by atoms with E-state index in [0.29, 0.717) is 10.8 Å². The number of hydrogen-bond acceptors (Lipinski definition) is 4. The zero-order chi connectivity index (χ0) is 22.1. The largest absolute Gasteiger partial charge is 0.495 e. The van der Waals surface area contributed by atoms with Gasteiger partial charge in [0.15, 0.2) is 0 Å². The van der Waals surface area contributed by atoms with Crippen LogP contribution in [0.2, 0.25) is 5.02 Å². The highest BCUT2D eigenvalue weighted by molar-refractivity contribution is 6.32. The lowest BCUT2D eigenvalue weighted by Crippen LogP contribution is -2.33. The van der Waals surface area contributed by atoms with E-state index in [1.54, 1.807) is 7.11 Å². The van der Waals surface area contributed by atoms with Crippen LogP contribution in [0.4, 0.5) is 5.69 Å². The van der Waals surface area contributed by atoms with Crippen LogP contribution in [0.1, 0.15) is 37.7 Å². The number of aromatic nitrogens is 2. The molecule has 2 fully saturated rings. The summed E-state index contributed by atoms with van der Waals surface area (Å²) in [6, 6.07) is 8.36. The first-order valence-corrected chi connectivity index (χ1v) is 12.3. The van der Waals surface area contributed by atoms with E-state index in [1.165, 1.54) is 50.9 Å². The second kappa shape index (κ2) is 9.32. The van der Waals surface area contributed by atoms with Gasteiger partial charge in [0.05, 0.1) is 17.8 Å². The van der Waals surface area contributed by atoms with Crippen molar-refractivity contribution in [3.8, 4) is 17.0 Å². The molecule has 0 radical (unpaired) electrons. The fourth-order valence-electron chi connectivity index (χ4n) is 5.35. The number of hydrogen-bond donors (Lipinski definition) is 0. The number of aryl methyl sites for hydroxylation is 1. The Morgan fingerprint density at radius 3 is 2.72 bits per heavy atom. The second-order valence-electron chi connectivity index (χ2n) is 9.37.